The van der Waals surface area contributed by atoms with Gasteiger partial charge in [0.15, 0.2) is 0 Å². The van der Waals surface area contributed by atoms with Crippen LogP contribution in [-0.4, -0.2) is 9.96 Å². The Labute approximate surface area is 58.0 Å². The molecule has 9 heavy (non-hydrogen) atoms. The zero-order valence-electron chi connectivity index (χ0n) is 5.63. The van der Waals surface area contributed by atoms with Gasteiger partial charge in [0.1, 0.15) is 0 Å². The van der Waals surface area contributed by atoms with Crippen molar-refractivity contribution in [1.29, 1.82) is 4.78 Å². The second kappa shape index (κ2) is 4.56. The van der Waals surface area contributed by atoms with Crippen LogP contribution in [0.2, 0.25) is 0 Å². The van der Waals surface area contributed by atoms with E-state index < -0.39 is 10.6 Å². The van der Waals surface area contributed by atoms with Gasteiger partial charge in [0.25, 0.3) is 0 Å². The number of nitrogens with one attached hydrogen (secondary N) is 1. The van der Waals surface area contributed by atoms with Gasteiger partial charge in [-0.25, -0.2) is 0 Å². The maximum Gasteiger partial charge on any atom is 0.0333 e. The van der Waals surface area contributed by atoms with E-state index in [1.807, 2.05) is 6.92 Å². The Kier molecular flexibility index (Phi) is 4.40. The highest BCUT2D eigenvalue weighted by molar-refractivity contribution is 7.73. The summed E-state index contributed by atoms with van der Waals surface area (Å²) in [7, 11) is -1.70. The van der Waals surface area contributed by atoms with E-state index in [9.17, 15) is 4.21 Å². The van der Waals surface area contributed by atoms with Crippen LogP contribution in [-0.2, 0) is 10.6 Å². The number of hydrogen-bond donors (Lipinski definition) is 2. The summed E-state index contributed by atoms with van der Waals surface area (Å²) in [5, 5.41) is 0. The molecule has 0 aliphatic rings. The monoisotopic (exact) mass is 147 g/mol. The molecular weight excluding hydrogens is 134 g/mol. The standard InChI is InChI=1S/C6H13NOS/c1-3-4-6(2)5-9(7)8/h3,6-7,9H,1,4-5H2,2H3/t6-/m0/s1. The Bertz CT molecular complexity index is 143. The molecule has 0 bridgehead atoms. The Morgan fingerprint density at radius 3 is 2.78 bits per heavy atom. The molecule has 54 valence electrons. The lowest BCUT2D eigenvalue weighted by atomic mass is 10.1. The average Bonchev–Trinajstić information content (AvgIpc) is 1.63. The van der Waals surface area contributed by atoms with Gasteiger partial charge >= 0.3 is 0 Å². The molecule has 0 heterocycles. The molecule has 1 unspecified atom stereocenters. The summed E-state index contributed by atoms with van der Waals surface area (Å²) in [6.45, 7) is 5.53. The molecule has 0 aliphatic heterocycles. The topological polar surface area (TPSA) is 40.9 Å². The van der Waals surface area contributed by atoms with Gasteiger partial charge in [-0.2, -0.15) is 0 Å². The van der Waals surface area contributed by atoms with Crippen molar-refractivity contribution in [2.24, 2.45) is 5.92 Å². The largest absolute Gasteiger partial charge is 0.255 e. The Balaban J connectivity index is 3.49. The molecule has 0 aromatic heterocycles. The van der Waals surface area contributed by atoms with Crippen LogP contribution in [0.25, 0.3) is 0 Å². The summed E-state index contributed by atoms with van der Waals surface area (Å²) in [5.74, 6) is 0.852. The third kappa shape index (κ3) is 5.56. The molecule has 0 spiro atoms. The number of thiol groups is 1. The molecule has 0 saturated carbocycles. The van der Waals surface area contributed by atoms with Crippen molar-refractivity contribution < 1.29 is 4.21 Å². The first-order valence-corrected chi connectivity index (χ1v) is 4.38. The molecular formula is C6H13NOS. The van der Waals surface area contributed by atoms with Crippen molar-refractivity contribution in [2.45, 2.75) is 13.3 Å². The summed E-state index contributed by atoms with van der Waals surface area (Å²) >= 11 is 0. The lowest BCUT2D eigenvalue weighted by molar-refractivity contribution is 0.644. The van der Waals surface area contributed by atoms with Gasteiger partial charge in [-0.3, -0.25) is 8.99 Å². The molecule has 0 amide bonds. The molecule has 3 heteroatoms. The Hall–Kier alpha value is -0.310. The van der Waals surface area contributed by atoms with E-state index in [1.165, 1.54) is 0 Å². The first kappa shape index (κ1) is 8.69. The maximum absolute atomic E-state index is 10.3. The predicted molar refractivity (Wildman–Crippen MR) is 41.1 cm³/mol. The minimum absolute atomic E-state index is 0.351. The van der Waals surface area contributed by atoms with E-state index in [4.69, 9.17) is 4.78 Å². The van der Waals surface area contributed by atoms with Crippen LogP contribution in [0.5, 0.6) is 0 Å². The Morgan fingerprint density at radius 1 is 1.89 bits per heavy atom. The van der Waals surface area contributed by atoms with Crippen molar-refractivity contribution in [2.75, 3.05) is 5.75 Å². The molecule has 0 aromatic carbocycles. The van der Waals surface area contributed by atoms with Gasteiger partial charge in [0.05, 0.1) is 0 Å². The summed E-state index contributed by atoms with van der Waals surface area (Å²) < 4.78 is 17.1. The first-order chi connectivity index (χ1) is 4.16. The van der Waals surface area contributed by atoms with Gasteiger partial charge in [-0.15, -0.1) is 6.58 Å². The zero-order chi connectivity index (χ0) is 7.28. The lowest BCUT2D eigenvalue weighted by Crippen LogP contribution is -1.99. The fourth-order valence-electron chi connectivity index (χ4n) is 0.642. The molecule has 0 aromatic rings. The van der Waals surface area contributed by atoms with Crippen LogP contribution in [0.4, 0.5) is 0 Å². The summed E-state index contributed by atoms with van der Waals surface area (Å²) in [5.41, 5.74) is 0. The van der Waals surface area contributed by atoms with Crippen molar-refractivity contribution in [3.8, 4) is 0 Å². The second-order valence-electron chi connectivity index (χ2n) is 2.19. The third-order valence-electron chi connectivity index (χ3n) is 1.05. The number of rotatable bonds is 4. The molecule has 2 nitrogen and oxygen atoms in total. The zero-order valence-corrected chi connectivity index (χ0v) is 6.53. The first-order valence-electron chi connectivity index (χ1n) is 2.93. The van der Waals surface area contributed by atoms with Crippen LogP contribution in [0.3, 0.4) is 0 Å². The van der Waals surface area contributed by atoms with E-state index in [0.29, 0.717) is 11.7 Å². The fourth-order valence-corrected chi connectivity index (χ4v) is 1.36. The van der Waals surface area contributed by atoms with Crippen molar-refractivity contribution in [3.05, 3.63) is 12.7 Å². The summed E-state index contributed by atoms with van der Waals surface area (Å²) in [6.07, 6.45) is 2.66. The lowest BCUT2D eigenvalue weighted by Gasteiger charge is -2.01. The van der Waals surface area contributed by atoms with Crippen LogP contribution in [0.15, 0.2) is 12.7 Å². The molecule has 0 saturated heterocycles. The third-order valence-corrected chi connectivity index (χ3v) is 2.00. The smallest absolute Gasteiger partial charge is 0.0333 e. The predicted octanol–water partition coefficient (Wildman–Crippen LogP) is 1.44. The molecule has 0 aliphatic carbocycles. The maximum atomic E-state index is 10.3. The molecule has 1 N–H and O–H groups in total. The fraction of sp³-hybridized carbons (Fsp3) is 0.667. The van der Waals surface area contributed by atoms with Crippen LogP contribution < -0.4 is 0 Å². The molecule has 0 fully saturated rings. The molecule has 2 atom stereocenters. The Morgan fingerprint density at radius 2 is 2.44 bits per heavy atom. The molecule has 0 rings (SSSR count). The van der Waals surface area contributed by atoms with E-state index >= 15 is 0 Å². The van der Waals surface area contributed by atoms with Crippen LogP contribution >= 0.6 is 0 Å². The van der Waals surface area contributed by atoms with Gasteiger partial charge in [0.2, 0.25) is 0 Å². The highest BCUT2D eigenvalue weighted by Gasteiger charge is 1.96. The van der Waals surface area contributed by atoms with E-state index in [2.05, 4.69) is 6.58 Å². The number of hydrogen-bond acceptors (Lipinski definition) is 2. The van der Waals surface area contributed by atoms with Crippen molar-refractivity contribution >= 4 is 10.6 Å². The average molecular weight is 147 g/mol. The van der Waals surface area contributed by atoms with Crippen LogP contribution in [0, 0.1) is 10.7 Å². The van der Waals surface area contributed by atoms with E-state index in [-0.39, 0.29) is 0 Å². The highest BCUT2D eigenvalue weighted by Crippen LogP contribution is 2.01. The molecule has 0 radical (unpaired) electrons. The number of allylic oxidation sites excluding steroid dienone is 1. The van der Waals surface area contributed by atoms with Gasteiger partial charge in [-0.05, 0) is 12.3 Å². The SMILES string of the molecule is C=CC[C@H](C)C[SH](=N)=O. The normalized spacial score (nSPS) is 16.6. The van der Waals surface area contributed by atoms with E-state index in [0.717, 1.165) is 6.42 Å². The van der Waals surface area contributed by atoms with Gasteiger partial charge in [0, 0.05) is 16.3 Å². The summed E-state index contributed by atoms with van der Waals surface area (Å²) in [6, 6.07) is 0. The van der Waals surface area contributed by atoms with Gasteiger partial charge < -0.3 is 0 Å². The van der Waals surface area contributed by atoms with E-state index in [1.54, 1.807) is 6.08 Å². The van der Waals surface area contributed by atoms with Gasteiger partial charge in [-0.1, -0.05) is 13.0 Å². The van der Waals surface area contributed by atoms with Crippen molar-refractivity contribution in [3.63, 3.8) is 0 Å². The second-order valence-corrected chi connectivity index (χ2v) is 3.31. The quantitative estimate of drug-likeness (QED) is 0.458. The van der Waals surface area contributed by atoms with Crippen molar-refractivity contribution in [1.82, 2.24) is 0 Å². The minimum atomic E-state index is -1.70. The van der Waals surface area contributed by atoms with Crippen LogP contribution in [0.1, 0.15) is 13.3 Å². The minimum Gasteiger partial charge on any atom is -0.255 e. The highest BCUT2D eigenvalue weighted by atomic mass is 32.2. The summed E-state index contributed by atoms with van der Waals surface area (Å²) in [4.78, 5) is 0.